The first-order chi connectivity index (χ1) is 16.2. The third-order valence-corrected chi connectivity index (χ3v) is 6.29. The fourth-order valence-corrected chi connectivity index (χ4v) is 4.27. The van der Waals surface area contributed by atoms with Crippen LogP contribution in [0.3, 0.4) is 0 Å². The molecule has 0 aromatic carbocycles. The number of methoxy groups -OCH3 is 1. The highest BCUT2D eigenvalue weighted by molar-refractivity contribution is 5.94. The van der Waals surface area contributed by atoms with Gasteiger partial charge in [-0.2, -0.15) is 18.4 Å². The Labute approximate surface area is 197 Å². The molecular formula is C24H30F3N5O2. The molecule has 1 N–H and O–H groups in total. The van der Waals surface area contributed by atoms with Crippen LogP contribution in [0, 0.1) is 23.2 Å². The van der Waals surface area contributed by atoms with Crippen molar-refractivity contribution in [1.29, 1.82) is 5.26 Å². The van der Waals surface area contributed by atoms with Crippen molar-refractivity contribution in [1.82, 2.24) is 19.9 Å². The smallest absolute Gasteiger partial charge is 0.389 e. The van der Waals surface area contributed by atoms with E-state index in [0.717, 1.165) is 25.7 Å². The molecule has 1 aliphatic carbocycles. The van der Waals surface area contributed by atoms with Crippen LogP contribution in [-0.2, 0) is 12.8 Å². The van der Waals surface area contributed by atoms with E-state index in [-0.39, 0.29) is 29.4 Å². The van der Waals surface area contributed by atoms with Crippen molar-refractivity contribution in [2.45, 2.75) is 65.0 Å². The molecule has 2 aromatic heterocycles. The van der Waals surface area contributed by atoms with E-state index in [1.54, 1.807) is 0 Å². The Hall–Kier alpha value is -3.09. The summed E-state index contributed by atoms with van der Waals surface area (Å²) in [6.07, 6.45) is 0.638. The number of nitriles is 1. The first-order valence-corrected chi connectivity index (χ1v) is 11.6. The van der Waals surface area contributed by atoms with Crippen LogP contribution < -0.4 is 10.1 Å². The highest BCUT2D eigenvalue weighted by Gasteiger charge is 2.28. The summed E-state index contributed by atoms with van der Waals surface area (Å²) >= 11 is 0. The van der Waals surface area contributed by atoms with Gasteiger partial charge in [-0.05, 0) is 42.7 Å². The van der Waals surface area contributed by atoms with Crippen molar-refractivity contribution in [3.63, 3.8) is 0 Å². The number of hydrogen-bond acceptors (Lipinski definition) is 5. The summed E-state index contributed by atoms with van der Waals surface area (Å²) in [5.41, 5.74) is 0.378. The van der Waals surface area contributed by atoms with Gasteiger partial charge in [-0.25, -0.2) is 9.97 Å². The molecule has 1 saturated carbocycles. The molecule has 0 saturated heterocycles. The first-order valence-electron chi connectivity index (χ1n) is 11.6. The van der Waals surface area contributed by atoms with Crippen LogP contribution in [-0.4, -0.2) is 40.3 Å². The number of hydrogen-bond donors (Lipinski definition) is 1. The van der Waals surface area contributed by atoms with Crippen LogP contribution in [0.1, 0.15) is 73.5 Å². The normalized spacial score (nSPS) is 18.4. The number of nitrogens with one attached hydrogen (secondary N) is 1. The summed E-state index contributed by atoms with van der Waals surface area (Å²) in [7, 11) is 1.38. The average Bonchev–Trinajstić information content (AvgIpc) is 3.20. The number of imidazole rings is 1. The van der Waals surface area contributed by atoms with Crippen molar-refractivity contribution >= 4 is 5.91 Å². The van der Waals surface area contributed by atoms with Gasteiger partial charge < -0.3 is 10.1 Å². The lowest BCUT2D eigenvalue weighted by Crippen LogP contribution is -2.31. The molecule has 3 rings (SSSR count). The van der Waals surface area contributed by atoms with E-state index < -0.39 is 18.5 Å². The highest BCUT2D eigenvalue weighted by Crippen LogP contribution is 2.30. The summed E-state index contributed by atoms with van der Waals surface area (Å²) in [5, 5.41) is 12.8. The lowest BCUT2D eigenvalue weighted by atomic mass is 9.83. The van der Waals surface area contributed by atoms with E-state index in [0.29, 0.717) is 36.2 Å². The molecule has 34 heavy (non-hydrogen) atoms. The lowest BCUT2D eigenvalue weighted by Gasteiger charge is -2.26. The number of carbonyl (C=O) groups is 1. The maximum Gasteiger partial charge on any atom is 0.389 e. The number of rotatable bonds is 8. The van der Waals surface area contributed by atoms with E-state index >= 15 is 0 Å². The van der Waals surface area contributed by atoms with Gasteiger partial charge in [0.15, 0.2) is 23.0 Å². The summed E-state index contributed by atoms with van der Waals surface area (Å²) in [4.78, 5) is 21.6. The maximum absolute atomic E-state index is 12.9. The molecule has 0 unspecified atom stereocenters. The topological polar surface area (TPSA) is 92.8 Å². The van der Waals surface area contributed by atoms with Gasteiger partial charge >= 0.3 is 6.18 Å². The van der Waals surface area contributed by atoms with Crippen molar-refractivity contribution in [3.8, 4) is 17.6 Å². The number of pyridine rings is 1. The zero-order valence-corrected chi connectivity index (χ0v) is 19.7. The van der Waals surface area contributed by atoms with Crippen molar-refractivity contribution < 1.29 is 22.7 Å². The molecule has 10 heteroatoms. The SMILES string of the molecule is CCc1nc(C(=O)NCC2CCC(C)CC2)c(C#N)n1-c1ncc(CCC(F)(F)F)cc1OC. The minimum Gasteiger partial charge on any atom is -0.493 e. The quantitative estimate of drug-likeness (QED) is 0.592. The van der Waals surface area contributed by atoms with Crippen LogP contribution in [0.5, 0.6) is 5.75 Å². The Kier molecular flexibility index (Phi) is 8.18. The average molecular weight is 478 g/mol. The van der Waals surface area contributed by atoms with E-state index in [1.807, 2.05) is 13.0 Å². The molecule has 0 aliphatic heterocycles. The van der Waals surface area contributed by atoms with Crippen LogP contribution in [0.2, 0.25) is 0 Å². The minimum atomic E-state index is -4.28. The maximum atomic E-state index is 12.9. The van der Waals surface area contributed by atoms with Crippen molar-refractivity contribution in [2.75, 3.05) is 13.7 Å². The van der Waals surface area contributed by atoms with Crippen molar-refractivity contribution in [2.24, 2.45) is 11.8 Å². The highest BCUT2D eigenvalue weighted by atomic mass is 19.4. The van der Waals surface area contributed by atoms with E-state index in [2.05, 4.69) is 22.2 Å². The van der Waals surface area contributed by atoms with Crippen LogP contribution >= 0.6 is 0 Å². The molecule has 0 radical (unpaired) electrons. The third kappa shape index (κ3) is 6.07. The number of alkyl halides is 3. The number of aryl methyl sites for hydroxylation is 2. The Morgan fingerprint density at radius 1 is 1.32 bits per heavy atom. The fraction of sp³-hybridized carbons (Fsp3) is 0.583. The van der Waals surface area contributed by atoms with Gasteiger partial charge in [-0.15, -0.1) is 0 Å². The van der Waals surface area contributed by atoms with Crippen LogP contribution in [0.25, 0.3) is 5.82 Å². The lowest BCUT2D eigenvalue weighted by molar-refractivity contribution is -0.134. The molecule has 1 aliphatic rings. The Morgan fingerprint density at radius 3 is 2.62 bits per heavy atom. The van der Waals surface area contributed by atoms with Crippen LogP contribution in [0.4, 0.5) is 13.2 Å². The molecule has 2 aromatic rings. The number of carbonyl (C=O) groups excluding carboxylic acids is 1. The molecule has 184 valence electrons. The predicted molar refractivity (Wildman–Crippen MR) is 120 cm³/mol. The number of ether oxygens (including phenoxy) is 1. The minimum absolute atomic E-state index is 0.00790. The van der Waals surface area contributed by atoms with Gasteiger partial charge in [-0.3, -0.25) is 9.36 Å². The van der Waals surface area contributed by atoms with E-state index in [9.17, 15) is 23.2 Å². The molecule has 1 fully saturated rings. The van der Waals surface area contributed by atoms with E-state index in [1.165, 1.54) is 23.9 Å². The van der Waals surface area contributed by atoms with Crippen LogP contribution in [0.15, 0.2) is 12.3 Å². The summed E-state index contributed by atoms with van der Waals surface area (Å²) in [6, 6.07) is 3.52. The van der Waals surface area contributed by atoms with Gasteiger partial charge in [0.05, 0.1) is 7.11 Å². The van der Waals surface area contributed by atoms with Gasteiger partial charge in [0.25, 0.3) is 5.91 Å². The second kappa shape index (κ2) is 10.9. The molecular weight excluding hydrogens is 447 g/mol. The van der Waals surface area contributed by atoms with Gasteiger partial charge in [0, 0.05) is 25.6 Å². The molecule has 2 heterocycles. The first kappa shape index (κ1) is 25.5. The second-order valence-corrected chi connectivity index (χ2v) is 8.85. The predicted octanol–water partition coefficient (Wildman–Crippen LogP) is 4.76. The largest absolute Gasteiger partial charge is 0.493 e. The third-order valence-electron chi connectivity index (χ3n) is 6.29. The second-order valence-electron chi connectivity index (χ2n) is 8.85. The molecule has 0 spiro atoms. The summed E-state index contributed by atoms with van der Waals surface area (Å²) in [6.45, 7) is 4.59. The zero-order chi connectivity index (χ0) is 24.9. The Bertz CT molecular complexity index is 1050. The number of amides is 1. The van der Waals surface area contributed by atoms with Crippen molar-refractivity contribution in [3.05, 3.63) is 35.0 Å². The molecule has 0 bridgehead atoms. The number of halogens is 3. The molecule has 1 amide bonds. The van der Waals surface area contributed by atoms with E-state index in [4.69, 9.17) is 4.74 Å². The fourth-order valence-electron chi connectivity index (χ4n) is 4.27. The zero-order valence-electron chi connectivity index (χ0n) is 19.7. The monoisotopic (exact) mass is 477 g/mol. The molecule has 7 nitrogen and oxygen atoms in total. The summed E-state index contributed by atoms with van der Waals surface area (Å²) in [5.74, 6) is 1.53. The number of aromatic nitrogens is 3. The summed E-state index contributed by atoms with van der Waals surface area (Å²) < 4.78 is 44.6. The molecule has 0 atom stereocenters. The Morgan fingerprint density at radius 2 is 2.03 bits per heavy atom. The van der Waals surface area contributed by atoms with Gasteiger partial charge in [-0.1, -0.05) is 26.7 Å². The van der Waals surface area contributed by atoms with Gasteiger partial charge in [0.1, 0.15) is 11.9 Å². The standard InChI is InChI=1S/C24H30F3N5O2/c1-4-20-31-21(23(33)30-13-16-7-5-15(2)6-8-16)18(12-28)32(20)22-19(34-3)11-17(14-29-22)9-10-24(25,26)27/h11,14-16H,4-10,13H2,1-3H3,(H,30,33). The number of nitrogens with zero attached hydrogens (tertiary/aromatic N) is 4. The van der Waals surface area contributed by atoms with Gasteiger partial charge in [0.2, 0.25) is 0 Å². The Balaban J connectivity index is 1.87.